The molecule has 122 valence electrons. The third-order valence-corrected chi connectivity index (χ3v) is 4.15. The SMILES string of the molecule is CCOC1CCCN(C(=O)c2cnc3ccc(C)cn3c2=O)C1. The second-order valence-corrected chi connectivity index (χ2v) is 5.88. The highest BCUT2D eigenvalue weighted by Gasteiger charge is 2.26. The largest absolute Gasteiger partial charge is 0.377 e. The van der Waals surface area contributed by atoms with Gasteiger partial charge in [0.05, 0.1) is 6.10 Å². The van der Waals surface area contributed by atoms with E-state index in [0.29, 0.717) is 25.3 Å². The maximum Gasteiger partial charge on any atom is 0.270 e. The molecule has 0 bridgehead atoms. The molecule has 1 saturated heterocycles. The van der Waals surface area contributed by atoms with Gasteiger partial charge in [-0.15, -0.1) is 0 Å². The van der Waals surface area contributed by atoms with Gasteiger partial charge >= 0.3 is 0 Å². The summed E-state index contributed by atoms with van der Waals surface area (Å²) in [6.07, 6.45) is 4.99. The van der Waals surface area contributed by atoms with Crippen molar-refractivity contribution in [1.82, 2.24) is 14.3 Å². The van der Waals surface area contributed by atoms with Crippen LogP contribution in [0.25, 0.3) is 5.65 Å². The molecule has 0 spiro atoms. The van der Waals surface area contributed by atoms with E-state index in [-0.39, 0.29) is 23.1 Å². The highest BCUT2D eigenvalue weighted by molar-refractivity contribution is 5.93. The molecule has 6 nitrogen and oxygen atoms in total. The summed E-state index contributed by atoms with van der Waals surface area (Å²) in [5.41, 5.74) is 1.29. The fourth-order valence-corrected chi connectivity index (χ4v) is 2.99. The topological polar surface area (TPSA) is 63.9 Å². The molecule has 1 amide bonds. The summed E-state index contributed by atoms with van der Waals surface area (Å²) in [5.74, 6) is -0.261. The Balaban J connectivity index is 1.91. The lowest BCUT2D eigenvalue weighted by Gasteiger charge is -2.32. The molecule has 0 aliphatic carbocycles. The van der Waals surface area contributed by atoms with Crippen LogP contribution in [-0.2, 0) is 4.74 Å². The normalized spacial score (nSPS) is 18.3. The van der Waals surface area contributed by atoms with Gasteiger partial charge in [0.15, 0.2) is 0 Å². The van der Waals surface area contributed by atoms with Crippen molar-refractivity contribution >= 4 is 11.6 Å². The Morgan fingerprint density at radius 2 is 2.26 bits per heavy atom. The monoisotopic (exact) mass is 315 g/mol. The number of hydrogen-bond donors (Lipinski definition) is 0. The second-order valence-electron chi connectivity index (χ2n) is 5.88. The molecule has 1 unspecified atom stereocenters. The minimum absolute atomic E-state index is 0.0520. The van der Waals surface area contributed by atoms with Gasteiger partial charge in [-0.25, -0.2) is 4.98 Å². The van der Waals surface area contributed by atoms with Crippen molar-refractivity contribution in [3.8, 4) is 0 Å². The van der Waals surface area contributed by atoms with Crippen LogP contribution in [0.1, 0.15) is 35.7 Å². The molecule has 1 fully saturated rings. The molecule has 2 aromatic rings. The third-order valence-electron chi connectivity index (χ3n) is 4.15. The lowest BCUT2D eigenvalue weighted by Crippen LogP contribution is -2.45. The van der Waals surface area contributed by atoms with Gasteiger partial charge in [0.1, 0.15) is 11.2 Å². The van der Waals surface area contributed by atoms with Crippen molar-refractivity contribution in [1.29, 1.82) is 0 Å². The Kier molecular flexibility index (Phi) is 4.43. The summed E-state index contributed by atoms with van der Waals surface area (Å²) in [6.45, 7) is 5.66. The van der Waals surface area contributed by atoms with Crippen LogP contribution in [0.4, 0.5) is 0 Å². The lowest BCUT2D eigenvalue weighted by molar-refractivity contribution is 0.00715. The molecular weight excluding hydrogens is 294 g/mol. The van der Waals surface area contributed by atoms with Crippen LogP contribution in [-0.4, -0.2) is 46.0 Å². The minimum Gasteiger partial charge on any atom is -0.377 e. The quantitative estimate of drug-likeness (QED) is 0.864. The van der Waals surface area contributed by atoms with Gasteiger partial charge in [-0.2, -0.15) is 0 Å². The summed E-state index contributed by atoms with van der Waals surface area (Å²) in [4.78, 5) is 31.3. The van der Waals surface area contributed by atoms with Gasteiger partial charge in [-0.1, -0.05) is 6.07 Å². The zero-order valence-electron chi connectivity index (χ0n) is 13.5. The van der Waals surface area contributed by atoms with Crippen molar-refractivity contribution in [3.05, 3.63) is 46.0 Å². The van der Waals surface area contributed by atoms with Crippen LogP contribution in [0.15, 0.2) is 29.3 Å². The molecule has 1 aliphatic rings. The van der Waals surface area contributed by atoms with Gasteiger partial charge in [-0.3, -0.25) is 14.0 Å². The summed E-state index contributed by atoms with van der Waals surface area (Å²) in [7, 11) is 0. The first-order valence-corrected chi connectivity index (χ1v) is 7.99. The fraction of sp³-hybridized carbons (Fsp3) is 0.471. The minimum atomic E-state index is -0.317. The maximum atomic E-state index is 12.7. The van der Waals surface area contributed by atoms with Crippen molar-refractivity contribution in [2.45, 2.75) is 32.8 Å². The maximum absolute atomic E-state index is 12.7. The third kappa shape index (κ3) is 3.12. The highest BCUT2D eigenvalue weighted by Crippen LogP contribution is 2.15. The van der Waals surface area contributed by atoms with Crippen LogP contribution >= 0.6 is 0 Å². The smallest absolute Gasteiger partial charge is 0.270 e. The van der Waals surface area contributed by atoms with E-state index in [1.54, 1.807) is 17.2 Å². The zero-order chi connectivity index (χ0) is 16.4. The van der Waals surface area contributed by atoms with E-state index in [1.807, 2.05) is 19.9 Å². The standard InChI is InChI=1S/C17H21N3O3/c1-3-23-13-5-4-8-19(11-13)16(21)14-9-18-15-7-6-12(2)10-20(15)17(14)22/h6-7,9-10,13H,3-5,8,11H2,1-2H3. The molecule has 0 saturated carbocycles. The van der Waals surface area contributed by atoms with Crippen LogP contribution in [0.3, 0.4) is 0 Å². The van der Waals surface area contributed by atoms with Crippen molar-refractivity contribution < 1.29 is 9.53 Å². The Morgan fingerprint density at radius 1 is 1.43 bits per heavy atom. The Hall–Kier alpha value is -2.21. The Morgan fingerprint density at radius 3 is 3.04 bits per heavy atom. The number of nitrogens with zero attached hydrogens (tertiary/aromatic N) is 3. The number of likely N-dealkylation sites (tertiary alicyclic amines) is 1. The number of fused-ring (bicyclic) bond motifs is 1. The number of pyridine rings is 1. The van der Waals surface area contributed by atoms with E-state index in [0.717, 1.165) is 18.4 Å². The first kappa shape index (κ1) is 15.7. The number of aryl methyl sites for hydroxylation is 1. The van der Waals surface area contributed by atoms with Gasteiger partial charge in [-0.05, 0) is 38.3 Å². The van der Waals surface area contributed by atoms with E-state index >= 15 is 0 Å². The summed E-state index contributed by atoms with van der Waals surface area (Å²) < 4.78 is 7.06. The van der Waals surface area contributed by atoms with Gasteiger partial charge < -0.3 is 9.64 Å². The van der Waals surface area contributed by atoms with Crippen LogP contribution in [0.5, 0.6) is 0 Å². The predicted molar refractivity (Wildman–Crippen MR) is 86.8 cm³/mol. The number of carbonyl (C=O) groups is 1. The highest BCUT2D eigenvalue weighted by atomic mass is 16.5. The van der Waals surface area contributed by atoms with E-state index in [4.69, 9.17) is 4.74 Å². The van der Waals surface area contributed by atoms with Crippen LogP contribution in [0, 0.1) is 6.92 Å². The average Bonchev–Trinajstić information content (AvgIpc) is 2.56. The lowest BCUT2D eigenvalue weighted by atomic mass is 10.1. The molecule has 1 aliphatic heterocycles. The van der Waals surface area contributed by atoms with Gasteiger partial charge in [0.25, 0.3) is 11.5 Å². The molecule has 0 aromatic carbocycles. The summed E-state index contributed by atoms with van der Waals surface area (Å²) in [5, 5.41) is 0. The number of rotatable bonds is 3. The Labute approximate surface area is 134 Å². The molecule has 3 heterocycles. The molecule has 0 N–H and O–H groups in total. The second kappa shape index (κ2) is 6.50. The molecule has 23 heavy (non-hydrogen) atoms. The molecule has 6 heteroatoms. The fourth-order valence-electron chi connectivity index (χ4n) is 2.99. The van der Waals surface area contributed by atoms with Crippen molar-refractivity contribution in [3.63, 3.8) is 0 Å². The molecule has 2 aromatic heterocycles. The van der Waals surface area contributed by atoms with Crippen LogP contribution in [0.2, 0.25) is 0 Å². The van der Waals surface area contributed by atoms with Gasteiger partial charge in [0.2, 0.25) is 0 Å². The summed E-state index contributed by atoms with van der Waals surface area (Å²) >= 11 is 0. The van der Waals surface area contributed by atoms with E-state index < -0.39 is 0 Å². The number of aromatic nitrogens is 2. The zero-order valence-corrected chi connectivity index (χ0v) is 13.5. The van der Waals surface area contributed by atoms with E-state index in [9.17, 15) is 9.59 Å². The van der Waals surface area contributed by atoms with Crippen LogP contribution < -0.4 is 5.56 Å². The number of hydrogen-bond acceptors (Lipinski definition) is 4. The molecule has 0 radical (unpaired) electrons. The first-order valence-electron chi connectivity index (χ1n) is 7.99. The number of piperidine rings is 1. The molecule has 3 rings (SSSR count). The number of ether oxygens (including phenoxy) is 1. The molecular formula is C17H21N3O3. The summed E-state index contributed by atoms with van der Waals surface area (Å²) in [6, 6.07) is 3.66. The Bertz CT molecular complexity index is 782. The van der Waals surface area contributed by atoms with E-state index in [2.05, 4.69) is 4.98 Å². The molecule has 1 atom stereocenters. The van der Waals surface area contributed by atoms with Gasteiger partial charge in [0, 0.05) is 32.1 Å². The predicted octanol–water partition coefficient (Wildman–Crippen LogP) is 1.64. The average molecular weight is 315 g/mol. The van der Waals surface area contributed by atoms with Crippen molar-refractivity contribution in [2.75, 3.05) is 19.7 Å². The first-order chi connectivity index (χ1) is 11.1. The number of amides is 1. The van der Waals surface area contributed by atoms with E-state index in [1.165, 1.54) is 10.6 Å². The number of carbonyl (C=O) groups excluding carboxylic acids is 1. The van der Waals surface area contributed by atoms with Crippen molar-refractivity contribution in [2.24, 2.45) is 0 Å².